The molecule has 3 aliphatic rings. The van der Waals surface area contributed by atoms with Crippen molar-refractivity contribution in [2.45, 2.75) is 81.5 Å². The number of benzene rings is 1. The van der Waals surface area contributed by atoms with E-state index in [1.807, 2.05) is 6.07 Å². The van der Waals surface area contributed by atoms with Crippen molar-refractivity contribution >= 4 is 25.3 Å². The number of hydrogen-bond donors (Lipinski definition) is 3. The van der Waals surface area contributed by atoms with E-state index >= 15 is 0 Å². The smallest absolute Gasteiger partial charge is 0.408 e. The summed E-state index contributed by atoms with van der Waals surface area (Å²) in [6.07, 6.45) is 5.39. The first kappa shape index (κ1) is 27.9. The van der Waals surface area contributed by atoms with Crippen LogP contribution < -0.4 is 10.6 Å². The number of carbonyl (C=O) groups excluding carboxylic acids is 3. The van der Waals surface area contributed by atoms with Gasteiger partial charge in [-0.1, -0.05) is 24.3 Å². The maximum atomic E-state index is 13.7. The summed E-state index contributed by atoms with van der Waals surface area (Å²) in [5, 5.41) is 13.4. The highest BCUT2D eigenvalue weighted by atomic mass is 31.2. The first-order valence-electron chi connectivity index (χ1n) is 13.1. The van der Waals surface area contributed by atoms with Gasteiger partial charge in [-0.3, -0.25) is 14.2 Å². The predicted molar refractivity (Wildman–Crippen MR) is 140 cm³/mol. The molecule has 1 aliphatic heterocycles. The van der Waals surface area contributed by atoms with E-state index in [2.05, 4.69) is 17.2 Å². The molecule has 204 valence electrons. The Morgan fingerprint density at radius 2 is 2.00 bits per heavy atom. The summed E-state index contributed by atoms with van der Waals surface area (Å²) in [6.45, 7) is 5.64. The lowest BCUT2D eigenvalue weighted by atomic mass is 10.1. The van der Waals surface area contributed by atoms with E-state index in [-0.39, 0.29) is 18.7 Å². The average Bonchev–Trinajstić information content (AvgIpc) is 3.21. The van der Waals surface area contributed by atoms with E-state index < -0.39 is 48.6 Å². The van der Waals surface area contributed by atoms with Crippen LogP contribution >= 0.6 is 7.37 Å². The van der Waals surface area contributed by atoms with Gasteiger partial charge in [-0.15, -0.1) is 6.58 Å². The van der Waals surface area contributed by atoms with Crippen LogP contribution in [0.25, 0.3) is 0 Å². The number of hydrogen-bond acceptors (Lipinski definition) is 6. The van der Waals surface area contributed by atoms with Gasteiger partial charge in [-0.25, -0.2) is 4.79 Å². The third-order valence-electron chi connectivity index (χ3n) is 7.87. The summed E-state index contributed by atoms with van der Waals surface area (Å²) < 4.78 is 19.1. The van der Waals surface area contributed by atoms with Gasteiger partial charge < -0.3 is 25.2 Å². The number of ether oxygens (including phenoxy) is 1. The Morgan fingerprint density at radius 1 is 1.29 bits per heavy atom. The maximum Gasteiger partial charge on any atom is 0.408 e. The van der Waals surface area contributed by atoms with E-state index in [1.54, 1.807) is 37.3 Å². The fourth-order valence-electron chi connectivity index (χ4n) is 5.61. The molecule has 0 radical (unpaired) electrons. The van der Waals surface area contributed by atoms with Gasteiger partial charge in [-0.05, 0) is 63.5 Å². The second-order valence-corrected chi connectivity index (χ2v) is 13.0. The molecule has 3 amide bonds. The van der Waals surface area contributed by atoms with Gasteiger partial charge in [0.05, 0.1) is 17.8 Å². The minimum Gasteiger partial charge on any atom is -0.446 e. The molecule has 2 saturated carbocycles. The Bertz CT molecular complexity index is 1190. The lowest BCUT2D eigenvalue weighted by Crippen LogP contribution is -2.54. The summed E-state index contributed by atoms with van der Waals surface area (Å²) in [5.74, 6) is -1.33. The summed E-state index contributed by atoms with van der Waals surface area (Å²) in [6, 6.07) is 6.91. The lowest BCUT2D eigenvalue weighted by molar-refractivity contribution is -0.139. The molecule has 1 aromatic carbocycles. The molecule has 1 unspecified atom stereocenters. The molecular weight excluding hydrogens is 507 g/mol. The van der Waals surface area contributed by atoms with Crippen LogP contribution in [0.15, 0.2) is 36.9 Å². The molecule has 11 heteroatoms. The van der Waals surface area contributed by atoms with Crippen molar-refractivity contribution in [3.8, 4) is 6.07 Å². The molecule has 0 spiro atoms. The van der Waals surface area contributed by atoms with Crippen LogP contribution in [0.3, 0.4) is 0 Å². The van der Waals surface area contributed by atoms with Crippen LogP contribution in [0.2, 0.25) is 0 Å². The molecule has 1 heterocycles. The molecule has 10 nitrogen and oxygen atoms in total. The van der Waals surface area contributed by atoms with Crippen molar-refractivity contribution in [1.82, 2.24) is 15.5 Å². The number of likely N-dealkylation sites (tertiary alicyclic amines) is 1. The quantitative estimate of drug-likeness (QED) is 0.320. The van der Waals surface area contributed by atoms with E-state index in [0.717, 1.165) is 25.7 Å². The average molecular weight is 543 g/mol. The summed E-state index contributed by atoms with van der Waals surface area (Å²) >= 11 is 0. The molecule has 3 N–H and O–H groups in total. The summed E-state index contributed by atoms with van der Waals surface area (Å²) in [5.41, 5.74) is 0.741. The zero-order valence-corrected chi connectivity index (χ0v) is 22.5. The molecule has 0 bridgehead atoms. The second kappa shape index (κ2) is 11.3. The topological polar surface area (TPSA) is 149 Å². The number of alkyl carbamates (subject to hydrolysis) is 1. The van der Waals surface area contributed by atoms with E-state index in [1.165, 1.54) is 4.90 Å². The van der Waals surface area contributed by atoms with E-state index in [0.29, 0.717) is 30.5 Å². The third kappa shape index (κ3) is 5.64. The fraction of sp³-hybridized carbons (Fsp3) is 0.556. The molecule has 0 aromatic heterocycles. The predicted octanol–water partition coefficient (Wildman–Crippen LogP) is 3.40. The van der Waals surface area contributed by atoms with Crippen molar-refractivity contribution in [2.24, 2.45) is 5.92 Å². The van der Waals surface area contributed by atoms with Crippen LogP contribution in [-0.2, 0) is 25.1 Å². The van der Waals surface area contributed by atoms with Crippen molar-refractivity contribution in [1.29, 1.82) is 5.26 Å². The van der Waals surface area contributed by atoms with Gasteiger partial charge in [0.25, 0.3) is 0 Å². The minimum atomic E-state index is -4.04. The minimum absolute atomic E-state index is 0.135. The van der Waals surface area contributed by atoms with Crippen LogP contribution in [0, 0.1) is 17.2 Å². The van der Waals surface area contributed by atoms with Crippen LogP contribution in [0.4, 0.5) is 4.79 Å². The van der Waals surface area contributed by atoms with E-state index in [4.69, 9.17) is 4.74 Å². The fourth-order valence-corrected chi connectivity index (χ4v) is 8.02. The number of nitrogens with one attached hydrogen (secondary N) is 2. The molecule has 3 fully saturated rings. The van der Waals surface area contributed by atoms with Gasteiger partial charge in [0.15, 0.2) is 0 Å². The second-order valence-electron chi connectivity index (χ2n) is 10.5. The zero-order valence-electron chi connectivity index (χ0n) is 21.6. The van der Waals surface area contributed by atoms with Gasteiger partial charge in [-0.2, -0.15) is 5.26 Å². The largest absolute Gasteiger partial charge is 0.446 e. The van der Waals surface area contributed by atoms with Crippen molar-refractivity contribution in [3.63, 3.8) is 0 Å². The van der Waals surface area contributed by atoms with Gasteiger partial charge >= 0.3 is 6.09 Å². The van der Waals surface area contributed by atoms with Crippen molar-refractivity contribution in [2.75, 3.05) is 6.54 Å². The monoisotopic (exact) mass is 542 g/mol. The molecule has 4 rings (SSSR count). The number of rotatable bonds is 9. The maximum absolute atomic E-state index is 13.7. The molecule has 1 saturated heterocycles. The first-order chi connectivity index (χ1) is 18.1. The highest BCUT2D eigenvalue weighted by Crippen LogP contribution is 2.70. The first-order valence-corrected chi connectivity index (χ1v) is 15.0. The highest BCUT2D eigenvalue weighted by Gasteiger charge is 2.65. The molecule has 5 atom stereocenters. The summed E-state index contributed by atoms with van der Waals surface area (Å²) in [4.78, 5) is 51.5. The van der Waals surface area contributed by atoms with Gasteiger partial charge in [0.2, 0.25) is 19.2 Å². The number of carbonyl (C=O) groups is 3. The van der Waals surface area contributed by atoms with Crippen LogP contribution in [0.1, 0.15) is 63.0 Å². The summed E-state index contributed by atoms with van der Waals surface area (Å²) in [7, 11) is -4.04. The molecule has 38 heavy (non-hydrogen) atoms. The Kier molecular flexibility index (Phi) is 8.29. The van der Waals surface area contributed by atoms with Crippen molar-refractivity contribution < 1.29 is 28.6 Å². The standard InChI is InChI=1S/C27H35N4O6P/c1-3-21-15-27(21,38(35,36)17-20-10-5-4-9-19(20)16-28)30-24(32)23-13-8-14-31(23)25(33)18(2)29-26(34)37-22-11-6-7-12-22/h3-5,9-10,18,21-23H,1,6-8,11-15,17H2,2H3,(H,29,34)(H,30,32)(H,35,36)/t18-,21+,23-,27-/m0/s1. The number of amides is 3. The van der Waals surface area contributed by atoms with Crippen LogP contribution in [-0.4, -0.2) is 57.7 Å². The number of nitriles is 1. The molecule has 1 aromatic rings. The van der Waals surface area contributed by atoms with Crippen molar-refractivity contribution in [3.05, 3.63) is 48.0 Å². The Balaban J connectivity index is 1.43. The SMILES string of the molecule is C=C[C@@H]1C[C@]1(NC(=O)[C@@H]1CCCN1C(=O)[C@H](C)NC(=O)OC1CCCC1)P(=O)(O)Cc1ccccc1C#N. The van der Waals surface area contributed by atoms with Gasteiger partial charge in [0.1, 0.15) is 23.5 Å². The highest BCUT2D eigenvalue weighted by molar-refractivity contribution is 7.59. The van der Waals surface area contributed by atoms with Crippen LogP contribution in [0.5, 0.6) is 0 Å². The third-order valence-corrected chi connectivity index (χ3v) is 10.5. The number of nitrogens with zero attached hydrogens (tertiary/aromatic N) is 2. The lowest BCUT2D eigenvalue weighted by Gasteiger charge is -2.31. The Labute approximate surface area is 222 Å². The molecule has 2 aliphatic carbocycles. The normalized spacial score (nSPS) is 27.0. The van der Waals surface area contributed by atoms with E-state index in [9.17, 15) is 29.1 Å². The zero-order chi connectivity index (χ0) is 27.5. The Hall–Kier alpha value is -3.15. The molecular formula is C27H35N4O6P. The Morgan fingerprint density at radius 3 is 2.66 bits per heavy atom. The van der Waals surface area contributed by atoms with Gasteiger partial charge in [0, 0.05) is 12.5 Å².